The summed E-state index contributed by atoms with van der Waals surface area (Å²) in [6, 6.07) is 3.88. The fraction of sp³-hybridized carbons (Fsp3) is 0.579. The molecule has 10 heteroatoms. The normalized spacial score (nSPS) is 19.7. The lowest BCUT2D eigenvalue weighted by molar-refractivity contribution is -0.131. The summed E-state index contributed by atoms with van der Waals surface area (Å²) in [5.74, 6) is 1.33. The standard InChI is InChI=1S/C19H27N7O.2ClH/c27-18(15-26-11-5-17(23-26)16-4-1-6-20-14-16)24-9-3-10-25(13-12-24)19-21-7-2-8-22-19;;/h2,5,7-8,11,16,20H,1,3-4,6,9-10,12-15H2;2*1H. The molecule has 0 bridgehead atoms. The van der Waals surface area contributed by atoms with Crippen LogP contribution in [0.1, 0.15) is 30.9 Å². The molecular weight excluding hydrogens is 413 g/mol. The zero-order valence-electron chi connectivity index (χ0n) is 16.4. The maximum Gasteiger partial charge on any atom is 0.244 e. The van der Waals surface area contributed by atoms with E-state index in [1.54, 1.807) is 17.1 Å². The van der Waals surface area contributed by atoms with E-state index < -0.39 is 0 Å². The van der Waals surface area contributed by atoms with Gasteiger partial charge in [0.2, 0.25) is 11.9 Å². The lowest BCUT2D eigenvalue weighted by Crippen LogP contribution is -2.37. The Labute approximate surface area is 183 Å². The van der Waals surface area contributed by atoms with Gasteiger partial charge in [-0.25, -0.2) is 9.97 Å². The number of hydrogen-bond acceptors (Lipinski definition) is 6. The molecule has 2 aromatic rings. The van der Waals surface area contributed by atoms with Gasteiger partial charge in [0.25, 0.3) is 0 Å². The van der Waals surface area contributed by atoms with Gasteiger partial charge in [-0.2, -0.15) is 5.10 Å². The number of carbonyl (C=O) groups is 1. The molecule has 2 aromatic heterocycles. The second-order valence-electron chi connectivity index (χ2n) is 7.25. The van der Waals surface area contributed by atoms with Gasteiger partial charge in [0.15, 0.2) is 0 Å². The highest BCUT2D eigenvalue weighted by Gasteiger charge is 2.22. The van der Waals surface area contributed by atoms with E-state index in [1.165, 1.54) is 12.8 Å². The second kappa shape index (κ2) is 11.3. The third-order valence-corrected chi connectivity index (χ3v) is 5.36. The summed E-state index contributed by atoms with van der Waals surface area (Å²) in [4.78, 5) is 25.5. The van der Waals surface area contributed by atoms with Gasteiger partial charge in [-0.1, -0.05) is 0 Å². The Balaban J connectivity index is 0.00000150. The van der Waals surface area contributed by atoms with Crippen molar-refractivity contribution in [3.05, 3.63) is 36.4 Å². The fourth-order valence-corrected chi connectivity index (χ4v) is 3.85. The molecule has 2 aliphatic rings. The smallest absolute Gasteiger partial charge is 0.244 e. The first-order valence-corrected chi connectivity index (χ1v) is 9.83. The fourth-order valence-electron chi connectivity index (χ4n) is 3.85. The van der Waals surface area contributed by atoms with E-state index in [0.29, 0.717) is 19.0 Å². The summed E-state index contributed by atoms with van der Waals surface area (Å²) in [5, 5.41) is 8.07. The van der Waals surface area contributed by atoms with Crippen LogP contribution in [0.5, 0.6) is 0 Å². The third kappa shape index (κ3) is 6.04. The van der Waals surface area contributed by atoms with Crippen molar-refractivity contribution in [2.24, 2.45) is 0 Å². The van der Waals surface area contributed by atoms with E-state index in [9.17, 15) is 4.79 Å². The minimum Gasteiger partial charge on any atom is -0.339 e. The molecule has 0 saturated carbocycles. The Morgan fingerprint density at radius 1 is 1.10 bits per heavy atom. The van der Waals surface area contributed by atoms with Gasteiger partial charge in [-0.3, -0.25) is 9.48 Å². The van der Waals surface area contributed by atoms with Crippen LogP contribution in [0, 0.1) is 0 Å². The molecule has 29 heavy (non-hydrogen) atoms. The van der Waals surface area contributed by atoms with Crippen LogP contribution >= 0.6 is 24.8 Å². The Kier molecular flexibility index (Phi) is 9.13. The van der Waals surface area contributed by atoms with Crippen LogP contribution in [0.2, 0.25) is 0 Å². The van der Waals surface area contributed by atoms with Crippen LogP contribution in [0.4, 0.5) is 5.95 Å². The van der Waals surface area contributed by atoms with Crippen molar-refractivity contribution in [1.29, 1.82) is 0 Å². The Bertz CT molecular complexity index is 752. The van der Waals surface area contributed by atoms with Crippen LogP contribution in [-0.4, -0.2) is 69.8 Å². The van der Waals surface area contributed by atoms with Gasteiger partial charge >= 0.3 is 0 Å². The van der Waals surface area contributed by atoms with Gasteiger partial charge in [0.05, 0.1) is 5.69 Å². The quantitative estimate of drug-likeness (QED) is 0.777. The van der Waals surface area contributed by atoms with Crippen LogP contribution in [0.25, 0.3) is 0 Å². The highest BCUT2D eigenvalue weighted by atomic mass is 35.5. The largest absolute Gasteiger partial charge is 0.339 e. The van der Waals surface area contributed by atoms with Crippen molar-refractivity contribution in [2.75, 3.05) is 44.2 Å². The van der Waals surface area contributed by atoms with E-state index in [1.807, 2.05) is 17.2 Å². The average Bonchev–Trinajstić information content (AvgIpc) is 3.04. The Morgan fingerprint density at radius 2 is 1.93 bits per heavy atom. The number of anilines is 1. The molecule has 1 N–H and O–H groups in total. The molecule has 2 saturated heterocycles. The molecule has 0 radical (unpaired) electrons. The van der Waals surface area contributed by atoms with Crippen molar-refractivity contribution < 1.29 is 4.79 Å². The van der Waals surface area contributed by atoms with Crippen molar-refractivity contribution in [3.63, 3.8) is 0 Å². The monoisotopic (exact) mass is 441 g/mol. The molecule has 4 rings (SSSR count). The van der Waals surface area contributed by atoms with E-state index in [2.05, 4.69) is 31.3 Å². The van der Waals surface area contributed by atoms with Gasteiger partial charge in [-0.15, -0.1) is 24.8 Å². The Morgan fingerprint density at radius 3 is 2.69 bits per heavy atom. The third-order valence-electron chi connectivity index (χ3n) is 5.36. The number of nitrogens with zero attached hydrogens (tertiary/aromatic N) is 6. The topological polar surface area (TPSA) is 79.2 Å². The number of halogens is 2. The van der Waals surface area contributed by atoms with E-state index in [0.717, 1.165) is 50.8 Å². The van der Waals surface area contributed by atoms with Gasteiger partial charge < -0.3 is 15.1 Å². The van der Waals surface area contributed by atoms with E-state index >= 15 is 0 Å². The van der Waals surface area contributed by atoms with Gasteiger partial charge in [0, 0.05) is 57.2 Å². The van der Waals surface area contributed by atoms with Gasteiger partial charge in [0.1, 0.15) is 6.54 Å². The predicted octanol–water partition coefficient (Wildman–Crippen LogP) is 1.72. The predicted molar refractivity (Wildman–Crippen MR) is 117 cm³/mol. The molecule has 1 unspecified atom stereocenters. The number of amides is 1. The molecule has 2 fully saturated rings. The summed E-state index contributed by atoms with van der Waals surface area (Å²) >= 11 is 0. The Hall–Kier alpha value is -1.90. The van der Waals surface area contributed by atoms with Crippen LogP contribution in [0.15, 0.2) is 30.7 Å². The molecule has 4 heterocycles. The summed E-state index contributed by atoms with van der Waals surface area (Å²) in [6.07, 6.45) is 8.72. The molecule has 0 aliphatic carbocycles. The van der Waals surface area contributed by atoms with Crippen LogP contribution in [0.3, 0.4) is 0 Å². The molecule has 1 atom stereocenters. The van der Waals surface area contributed by atoms with E-state index in [4.69, 9.17) is 0 Å². The van der Waals surface area contributed by atoms with Crippen molar-refractivity contribution in [2.45, 2.75) is 31.7 Å². The maximum atomic E-state index is 12.8. The number of aromatic nitrogens is 4. The van der Waals surface area contributed by atoms with Crippen LogP contribution in [-0.2, 0) is 11.3 Å². The second-order valence-corrected chi connectivity index (χ2v) is 7.25. The first-order chi connectivity index (χ1) is 13.3. The molecule has 160 valence electrons. The summed E-state index contributed by atoms with van der Waals surface area (Å²) in [7, 11) is 0. The number of hydrogen-bond donors (Lipinski definition) is 1. The number of piperidine rings is 1. The molecule has 0 spiro atoms. The highest BCUT2D eigenvalue weighted by Crippen LogP contribution is 2.21. The SMILES string of the molecule is Cl.Cl.O=C(Cn1ccc(C2CCCNC2)n1)N1CCCN(c2ncccn2)CC1. The average molecular weight is 442 g/mol. The van der Waals surface area contributed by atoms with Crippen LogP contribution < -0.4 is 10.2 Å². The molecular formula is C19H29Cl2N7O. The summed E-state index contributed by atoms with van der Waals surface area (Å²) in [6.45, 7) is 5.47. The maximum absolute atomic E-state index is 12.8. The molecule has 0 aromatic carbocycles. The number of nitrogens with one attached hydrogen (secondary N) is 1. The molecule has 1 amide bonds. The minimum absolute atomic E-state index is 0. The first-order valence-electron chi connectivity index (χ1n) is 9.83. The summed E-state index contributed by atoms with van der Waals surface area (Å²) < 4.78 is 1.79. The van der Waals surface area contributed by atoms with Crippen molar-refractivity contribution in [3.8, 4) is 0 Å². The lowest BCUT2D eigenvalue weighted by Gasteiger charge is -2.22. The zero-order valence-corrected chi connectivity index (χ0v) is 18.1. The number of carbonyl (C=O) groups excluding carboxylic acids is 1. The summed E-state index contributed by atoms with van der Waals surface area (Å²) in [5.41, 5.74) is 1.10. The molecule has 2 aliphatic heterocycles. The van der Waals surface area contributed by atoms with Gasteiger partial charge in [-0.05, 0) is 37.9 Å². The first kappa shape index (κ1) is 23.4. The highest BCUT2D eigenvalue weighted by molar-refractivity contribution is 5.85. The van der Waals surface area contributed by atoms with Crippen molar-refractivity contribution >= 4 is 36.7 Å². The van der Waals surface area contributed by atoms with Crippen molar-refractivity contribution in [1.82, 2.24) is 30.0 Å². The lowest BCUT2D eigenvalue weighted by atomic mass is 9.97. The van der Waals surface area contributed by atoms with E-state index in [-0.39, 0.29) is 30.7 Å². The molecule has 8 nitrogen and oxygen atoms in total. The number of rotatable bonds is 4. The minimum atomic E-state index is 0. The zero-order chi connectivity index (χ0) is 18.5.